The zero-order valence-electron chi connectivity index (χ0n) is 24.1. The summed E-state index contributed by atoms with van der Waals surface area (Å²) in [4.78, 5) is 29.2. The van der Waals surface area contributed by atoms with Crippen LogP contribution >= 0.6 is 27.5 Å². The lowest BCUT2D eigenvalue weighted by Crippen LogP contribution is -2.53. The van der Waals surface area contributed by atoms with Gasteiger partial charge in [0.05, 0.1) is 10.6 Å². The highest BCUT2D eigenvalue weighted by Gasteiger charge is 2.35. The monoisotopic (exact) mass is 681 g/mol. The first-order valence-corrected chi connectivity index (χ1v) is 16.3. The molecule has 0 aliphatic heterocycles. The number of anilines is 1. The molecule has 0 radical (unpaired) electrons. The van der Waals surface area contributed by atoms with E-state index in [1.807, 2.05) is 61.5 Å². The molecule has 0 spiro atoms. The molecule has 0 unspecified atom stereocenters. The van der Waals surface area contributed by atoms with Crippen LogP contribution in [0.1, 0.15) is 22.3 Å². The maximum atomic E-state index is 14.4. The second-order valence-corrected chi connectivity index (χ2v) is 13.4. The van der Waals surface area contributed by atoms with Crippen LogP contribution in [0.2, 0.25) is 5.02 Å². The summed E-state index contributed by atoms with van der Waals surface area (Å²) in [5, 5.41) is 3.02. The normalized spacial score (nSPS) is 11.9. The van der Waals surface area contributed by atoms with Crippen LogP contribution in [-0.2, 0) is 32.6 Å². The molecule has 0 saturated carbocycles. The summed E-state index contributed by atoms with van der Waals surface area (Å²) >= 11 is 9.81. The number of aryl methyl sites for hydroxylation is 2. The molecule has 0 aliphatic rings. The van der Waals surface area contributed by atoms with Crippen molar-refractivity contribution in [3.05, 3.63) is 129 Å². The van der Waals surface area contributed by atoms with Crippen molar-refractivity contribution < 1.29 is 18.0 Å². The Labute approximate surface area is 266 Å². The Morgan fingerprint density at radius 2 is 1.56 bits per heavy atom. The smallest absolute Gasteiger partial charge is 0.264 e. The van der Waals surface area contributed by atoms with E-state index in [0.29, 0.717) is 10.6 Å². The first kappa shape index (κ1) is 32.3. The Bertz CT molecular complexity index is 1700. The summed E-state index contributed by atoms with van der Waals surface area (Å²) in [5.41, 5.74) is 3.44. The average molecular weight is 683 g/mol. The number of nitrogens with zero attached hydrogens (tertiary/aromatic N) is 2. The molecule has 0 saturated heterocycles. The zero-order valence-corrected chi connectivity index (χ0v) is 27.3. The van der Waals surface area contributed by atoms with Gasteiger partial charge in [0.1, 0.15) is 12.6 Å². The number of rotatable bonds is 11. The number of nitrogens with one attached hydrogen (secondary N) is 1. The highest BCUT2D eigenvalue weighted by atomic mass is 79.9. The third kappa shape index (κ3) is 8.04. The number of likely N-dealkylation sites (N-methyl/N-ethyl adjacent to an activating group) is 1. The van der Waals surface area contributed by atoms with Crippen molar-refractivity contribution in [3.63, 3.8) is 0 Å². The topological polar surface area (TPSA) is 86.8 Å². The number of benzene rings is 4. The maximum Gasteiger partial charge on any atom is 0.264 e. The van der Waals surface area contributed by atoms with E-state index in [2.05, 4.69) is 21.2 Å². The van der Waals surface area contributed by atoms with E-state index in [-0.39, 0.29) is 29.5 Å². The summed E-state index contributed by atoms with van der Waals surface area (Å²) in [5.74, 6) is -0.904. The average Bonchev–Trinajstić information content (AvgIpc) is 2.99. The molecule has 0 aliphatic carbocycles. The highest BCUT2D eigenvalue weighted by Crippen LogP contribution is 2.30. The fourth-order valence-corrected chi connectivity index (χ4v) is 6.84. The molecular weight excluding hydrogens is 650 g/mol. The van der Waals surface area contributed by atoms with Gasteiger partial charge in [0.25, 0.3) is 10.0 Å². The van der Waals surface area contributed by atoms with Crippen LogP contribution in [0.3, 0.4) is 0 Å². The maximum absolute atomic E-state index is 14.4. The molecule has 4 aromatic carbocycles. The predicted molar refractivity (Wildman–Crippen MR) is 175 cm³/mol. The van der Waals surface area contributed by atoms with Crippen LogP contribution in [0.4, 0.5) is 5.69 Å². The molecule has 1 atom stereocenters. The van der Waals surface area contributed by atoms with Crippen molar-refractivity contribution in [1.29, 1.82) is 0 Å². The van der Waals surface area contributed by atoms with Crippen LogP contribution in [0.5, 0.6) is 0 Å². The van der Waals surface area contributed by atoms with E-state index in [1.54, 1.807) is 31.2 Å². The van der Waals surface area contributed by atoms with Crippen molar-refractivity contribution in [2.45, 2.75) is 37.8 Å². The number of carbonyl (C=O) groups is 2. The lowest BCUT2D eigenvalue weighted by molar-refractivity contribution is -0.139. The first-order chi connectivity index (χ1) is 20.5. The molecule has 2 amide bonds. The van der Waals surface area contributed by atoms with Crippen LogP contribution < -0.4 is 9.62 Å². The Morgan fingerprint density at radius 3 is 2.21 bits per heavy atom. The van der Waals surface area contributed by atoms with Gasteiger partial charge in [-0.25, -0.2) is 8.42 Å². The molecule has 224 valence electrons. The lowest BCUT2D eigenvalue weighted by atomic mass is 10.0. The fraction of sp³-hybridized carbons (Fsp3) is 0.212. The minimum atomic E-state index is -4.21. The predicted octanol–water partition coefficient (Wildman–Crippen LogP) is 6.30. The molecular formula is C33H33BrClN3O4S. The quantitative estimate of drug-likeness (QED) is 0.201. The van der Waals surface area contributed by atoms with E-state index in [4.69, 9.17) is 11.6 Å². The molecule has 4 rings (SSSR count). The van der Waals surface area contributed by atoms with Crippen molar-refractivity contribution in [2.75, 3.05) is 17.9 Å². The standard InChI is InChI=1S/C33H33BrClN3O4S/c1-23-12-16-29(17-13-23)43(41,42)38(30-20-28(35)15-14-24(30)2)22-32(39)37(21-26-10-7-11-27(34)18-26)31(33(40)36-3)19-25-8-5-4-6-9-25/h4-18,20,31H,19,21-22H2,1-3H3,(H,36,40)/t31-/m0/s1. The number of hydrogen-bond acceptors (Lipinski definition) is 4. The Kier molecular flexibility index (Phi) is 10.7. The number of carbonyl (C=O) groups excluding carboxylic acids is 2. The summed E-state index contributed by atoms with van der Waals surface area (Å²) in [7, 11) is -2.69. The molecule has 1 N–H and O–H groups in total. The highest BCUT2D eigenvalue weighted by molar-refractivity contribution is 9.10. The number of amides is 2. The van der Waals surface area contributed by atoms with E-state index < -0.39 is 28.5 Å². The van der Waals surface area contributed by atoms with Crippen LogP contribution in [0, 0.1) is 13.8 Å². The Hall–Kier alpha value is -3.66. The molecule has 43 heavy (non-hydrogen) atoms. The van der Waals surface area contributed by atoms with Gasteiger partial charge in [0.15, 0.2) is 0 Å². The zero-order chi connectivity index (χ0) is 31.1. The van der Waals surface area contributed by atoms with Gasteiger partial charge >= 0.3 is 0 Å². The third-order valence-electron chi connectivity index (χ3n) is 7.09. The summed E-state index contributed by atoms with van der Waals surface area (Å²) in [6.07, 6.45) is 0.237. The van der Waals surface area contributed by atoms with Crippen LogP contribution in [-0.4, -0.2) is 44.8 Å². The van der Waals surface area contributed by atoms with Crippen LogP contribution in [0.25, 0.3) is 0 Å². The summed E-state index contributed by atoms with van der Waals surface area (Å²) in [6, 6.07) is 27.3. The molecule has 7 nitrogen and oxygen atoms in total. The van der Waals surface area contributed by atoms with Gasteiger partial charge in [-0.2, -0.15) is 0 Å². The number of hydrogen-bond donors (Lipinski definition) is 1. The molecule has 0 bridgehead atoms. The van der Waals surface area contributed by atoms with E-state index >= 15 is 0 Å². The van der Waals surface area contributed by atoms with Gasteiger partial charge in [-0.3, -0.25) is 13.9 Å². The minimum Gasteiger partial charge on any atom is -0.357 e. The van der Waals surface area contributed by atoms with Gasteiger partial charge < -0.3 is 10.2 Å². The van der Waals surface area contributed by atoms with Crippen molar-refractivity contribution in [1.82, 2.24) is 10.2 Å². The lowest BCUT2D eigenvalue weighted by Gasteiger charge is -2.34. The number of sulfonamides is 1. The van der Waals surface area contributed by atoms with Gasteiger partial charge in [-0.05, 0) is 66.9 Å². The fourth-order valence-electron chi connectivity index (χ4n) is 4.75. The van der Waals surface area contributed by atoms with Gasteiger partial charge in [-0.1, -0.05) is 93.8 Å². The SMILES string of the molecule is CNC(=O)[C@H](Cc1ccccc1)N(Cc1cccc(Br)c1)C(=O)CN(c1cc(Cl)ccc1C)S(=O)(=O)c1ccc(C)cc1. The summed E-state index contributed by atoms with van der Waals surface area (Å²) in [6.45, 7) is 3.16. The largest absolute Gasteiger partial charge is 0.357 e. The second kappa shape index (κ2) is 14.2. The first-order valence-electron chi connectivity index (χ1n) is 13.6. The van der Waals surface area contributed by atoms with E-state index in [0.717, 1.165) is 25.5 Å². The van der Waals surface area contributed by atoms with Crippen molar-refractivity contribution >= 4 is 55.1 Å². The summed E-state index contributed by atoms with van der Waals surface area (Å²) < 4.78 is 30.2. The van der Waals surface area contributed by atoms with Crippen molar-refractivity contribution in [2.24, 2.45) is 0 Å². The Balaban J connectivity index is 1.82. The van der Waals surface area contributed by atoms with Gasteiger partial charge in [-0.15, -0.1) is 0 Å². The second-order valence-electron chi connectivity index (χ2n) is 10.2. The molecule has 0 heterocycles. The molecule has 10 heteroatoms. The Morgan fingerprint density at radius 1 is 0.884 bits per heavy atom. The molecule has 0 aromatic heterocycles. The molecule has 4 aromatic rings. The van der Waals surface area contributed by atoms with E-state index in [9.17, 15) is 18.0 Å². The minimum absolute atomic E-state index is 0.0379. The van der Waals surface area contributed by atoms with Gasteiger partial charge in [0.2, 0.25) is 11.8 Å². The van der Waals surface area contributed by atoms with E-state index in [1.165, 1.54) is 30.1 Å². The van der Waals surface area contributed by atoms with Crippen molar-refractivity contribution in [3.8, 4) is 0 Å². The van der Waals surface area contributed by atoms with Gasteiger partial charge in [0, 0.05) is 29.5 Å². The van der Waals surface area contributed by atoms with Crippen LogP contribution in [0.15, 0.2) is 106 Å². The third-order valence-corrected chi connectivity index (χ3v) is 9.59. The number of halogens is 2. The molecule has 0 fully saturated rings.